The van der Waals surface area contributed by atoms with Crippen molar-refractivity contribution in [1.29, 1.82) is 0 Å². The summed E-state index contributed by atoms with van der Waals surface area (Å²) in [7, 11) is 0. The number of aryl methyl sites for hydroxylation is 1. The van der Waals surface area contributed by atoms with Crippen LogP contribution in [-0.4, -0.2) is 19.1 Å². The molecule has 1 saturated heterocycles. The maximum absolute atomic E-state index is 3.67. The van der Waals surface area contributed by atoms with Gasteiger partial charge in [0.2, 0.25) is 0 Å². The summed E-state index contributed by atoms with van der Waals surface area (Å²) < 4.78 is 1.17. The van der Waals surface area contributed by atoms with Gasteiger partial charge in [-0.3, -0.25) is 0 Å². The van der Waals surface area contributed by atoms with Crippen LogP contribution in [-0.2, 0) is 0 Å². The van der Waals surface area contributed by atoms with Crippen LogP contribution in [0, 0.1) is 6.92 Å². The molecule has 3 rings (SSSR count). The predicted octanol–water partition coefficient (Wildman–Crippen LogP) is 4.84. The Kier molecular flexibility index (Phi) is 4.49. The minimum absolute atomic E-state index is 0.575. The van der Waals surface area contributed by atoms with E-state index in [0.717, 1.165) is 13.1 Å². The third-order valence-electron chi connectivity index (χ3n) is 4.15. The topological polar surface area (TPSA) is 15.3 Å². The highest BCUT2D eigenvalue weighted by atomic mass is 79.9. The van der Waals surface area contributed by atoms with Gasteiger partial charge in [-0.2, -0.15) is 0 Å². The van der Waals surface area contributed by atoms with Gasteiger partial charge in [0.1, 0.15) is 0 Å². The number of rotatable bonds is 3. The Hall–Kier alpha value is -1.48. The van der Waals surface area contributed by atoms with Crippen LogP contribution in [0.5, 0.6) is 0 Å². The lowest BCUT2D eigenvalue weighted by atomic mass is 10.0. The molecular weight excluding hydrogens is 324 g/mol. The third kappa shape index (κ3) is 3.59. The van der Waals surface area contributed by atoms with E-state index in [9.17, 15) is 0 Å². The minimum Gasteiger partial charge on any atom is -0.382 e. The fourth-order valence-electron chi connectivity index (χ4n) is 2.89. The molecule has 1 N–H and O–H groups in total. The van der Waals surface area contributed by atoms with E-state index in [0.29, 0.717) is 6.04 Å². The Morgan fingerprint density at radius 1 is 1.05 bits per heavy atom. The fourth-order valence-corrected chi connectivity index (χ4v) is 3.14. The Morgan fingerprint density at radius 2 is 1.76 bits per heavy atom. The monoisotopic (exact) mass is 344 g/mol. The maximum Gasteiger partial charge on any atom is 0.0366 e. The maximum atomic E-state index is 3.67. The highest BCUT2D eigenvalue weighted by molar-refractivity contribution is 9.10. The summed E-state index contributed by atoms with van der Waals surface area (Å²) in [5.41, 5.74) is 3.85. The number of para-hydroxylation sites is 1. The van der Waals surface area contributed by atoms with Crippen molar-refractivity contribution in [1.82, 2.24) is 0 Å². The second-order valence-electron chi connectivity index (χ2n) is 5.71. The van der Waals surface area contributed by atoms with Crippen LogP contribution in [0.25, 0.3) is 0 Å². The SMILES string of the molecule is Cc1cc(NC2CCN(c3ccccc3)CC2)ccc1Br. The highest BCUT2D eigenvalue weighted by Gasteiger charge is 2.19. The van der Waals surface area contributed by atoms with E-state index in [1.165, 1.54) is 34.3 Å². The van der Waals surface area contributed by atoms with Gasteiger partial charge in [0.15, 0.2) is 0 Å². The molecule has 21 heavy (non-hydrogen) atoms. The predicted molar refractivity (Wildman–Crippen MR) is 94.2 cm³/mol. The van der Waals surface area contributed by atoms with Crippen molar-refractivity contribution in [3.8, 4) is 0 Å². The first kappa shape index (κ1) is 14.5. The van der Waals surface area contributed by atoms with Gasteiger partial charge in [-0.1, -0.05) is 34.1 Å². The Balaban J connectivity index is 1.57. The largest absolute Gasteiger partial charge is 0.382 e. The lowest BCUT2D eigenvalue weighted by molar-refractivity contribution is 0.527. The molecule has 0 aromatic heterocycles. The summed E-state index contributed by atoms with van der Waals surface area (Å²) in [6.45, 7) is 4.38. The number of benzene rings is 2. The van der Waals surface area contributed by atoms with Crippen molar-refractivity contribution in [2.24, 2.45) is 0 Å². The normalized spacial score (nSPS) is 16.0. The number of anilines is 2. The molecule has 1 aliphatic heterocycles. The number of hydrogen-bond acceptors (Lipinski definition) is 2. The second kappa shape index (κ2) is 6.52. The Morgan fingerprint density at radius 3 is 2.43 bits per heavy atom. The minimum atomic E-state index is 0.575. The van der Waals surface area contributed by atoms with Gasteiger partial charge in [-0.15, -0.1) is 0 Å². The van der Waals surface area contributed by atoms with Crippen LogP contribution in [0.4, 0.5) is 11.4 Å². The number of halogens is 1. The molecular formula is C18H21BrN2. The van der Waals surface area contributed by atoms with Crippen LogP contribution in [0.2, 0.25) is 0 Å². The molecule has 0 saturated carbocycles. The zero-order valence-electron chi connectivity index (χ0n) is 12.3. The molecule has 3 heteroatoms. The molecule has 0 aliphatic carbocycles. The first-order chi connectivity index (χ1) is 10.2. The van der Waals surface area contributed by atoms with Gasteiger partial charge >= 0.3 is 0 Å². The molecule has 0 amide bonds. The summed E-state index contributed by atoms with van der Waals surface area (Å²) in [5.74, 6) is 0. The fraction of sp³-hybridized carbons (Fsp3) is 0.333. The molecule has 2 aromatic carbocycles. The van der Waals surface area contributed by atoms with E-state index >= 15 is 0 Å². The van der Waals surface area contributed by atoms with E-state index in [4.69, 9.17) is 0 Å². The molecule has 0 bridgehead atoms. The van der Waals surface area contributed by atoms with Gasteiger partial charge in [-0.05, 0) is 55.7 Å². The Bertz CT molecular complexity index is 589. The molecule has 2 nitrogen and oxygen atoms in total. The Labute approximate surface area is 135 Å². The van der Waals surface area contributed by atoms with Gasteiger partial charge < -0.3 is 10.2 Å². The number of nitrogens with zero attached hydrogens (tertiary/aromatic N) is 1. The lowest BCUT2D eigenvalue weighted by Gasteiger charge is -2.34. The van der Waals surface area contributed by atoms with Gasteiger partial charge in [0.05, 0.1) is 0 Å². The van der Waals surface area contributed by atoms with Crippen molar-refractivity contribution in [2.45, 2.75) is 25.8 Å². The van der Waals surface area contributed by atoms with Crippen molar-refractivity contribution >= 4 is 27.3 Å². The summed E-state index contributed by atoms with van der Waals surface area (Å²) in [5, 5.41) is 3.67. The number of nitrogens with one attached hydrogen (secondary N) is 1. The van der Waals surface area contributed by atoms with Crippen LogP contribution >= 0.6 is 15.9 Å². The number of piperidine rings is 1. The average Bonchev–Trinajstić information content (AvgIpc) is 2.53. The quantitative estimate of drug-likeness (QED) is 0.856. The first-order valence-corrected chi connectivity index (χ1v) is 8.34. The first-order valence-electron chi connectivity index (χ1n) is 7.55. The molecule has 2 aromatic rings. The number of hydrogen-bond donors (Lipinski definition) is 1. The van der Waals surface area contributed by atoms with Crippen molar-refractivity contribution in [3.63, 3.8) is 0 Å². The molecule has 110 valence electrons. The van der Waals surface area contributed by atoms with Gasteiger partial charge in [-0.25, -0.2) is 0 Å². The summed E-state index contributed by atoms with van der Waals surface area (Å²) in [6, 6.07) is 17.8. The van der Waals surface area contributed by atoms with Crippen LogP contribution in [0.15, 0.2) is 53.0 Å². The highest BCUT2D eigenvalue weighted by Crippen LogP contribution is 2.24. The zero-order valence-corrected chi connectivity index (χ0v) is 13.9. The summed E-state index contributed by atoms with van der Waals surface area (Å²) in [4.78, 5) is 2.48. The summed E-state index contributed by atoms with van der Waals surface area (Å²) >= 11 is 3.55. The van der Waals surface area contributed by atoms with Crippen LogP contribution in [0.3, 0.4) is 0 Å². The van der Waals surface area contributed by atoms with Crippen LogP contribution in [0.1, 0.15) is 18.4 Å². The van der Waals surface area contributed by atoms with Gasteiger partial charge in [0, 0.05) is 35.0 Å². The standard InChI is InChI=1S/C18H21BrN2/c1-14-13-16(7-8-18(14)19)20-15-9-11-21(12-10-15)17-5-3-2-4-6-17/h2-8,13,15,20H,9-12H2,1H3. The third-order valence-corrected chi connectivity index (χ3v) is 5.03. The molecule has 1 fully saturated rings. The smallest absolute Gasteiger partial charge is 0.0366 e. The van der Waals surface area contributed by atoms with Crippen molar-refractivity contribution in [3.05, 3.63) is 58.6 Å². The molecule has 0 radical (unpaired) electrons. The van der Waals surface area contributed by atoms with Crippen molar-refractivity contribution in [2.75, 3.05) is 23.3 Å². The molecule has 0 spiro atoms. The van der Waals surface area contributed by atoms with Crippen LogP contribution < -0.4 is 10.2 Å². The molecule has 1 aliphatic rings. The molecule has 1 heterocycles. The summed E-state index contributed by atoms with van der Waals surface area (Å²) in [6.07, 6.45) is 2.37. The average molecular weight is 345 g/mol. The van der Waals surface area contributed by atoms with E-state index < -0.39 is 0 Å². The molecule has 0 atom stereocenters. The van der Waals surface area contributed by atoms with Gasteiger partial charge in [0.25, 0.3) is 0 Å². The second-order valence-corrected chi connectivity index (χ2v) is 6.56. The van der Waals surface area contributed by atoms with Crippen molar-refractivity contribution < 1.29 is 0 Å². The van der Waals surface area contributed by atoms with E-state index in [1.54, 1.807) is 0 Å². The zero-order chi connectivity index (χ0) is 14.7. The molecule has 0 unspecified atom stereocenters. The lowest BCUT2D eigenvalue weighted by Crippen LogP contribution is -2.39. The van der Waals surface area contributed by atoms with E-state index in [1.807, 2.05) is 0 Å². The van der Waals surface area contributed by atoms with E-state index in [-0.39, 0.29) is 0 Å². The van der Waals surface area contributed by atoms with E-state index in [2.05, 4.69) is 81.6 Å².